The Morgan fingerprint density at radius 1 is 0.800 bits per heavy atom. The number of nitrogens with zero attached hydrogens (tertiary/aromatic N) is 1. The van der Waals surface area contributed by atoms with Crippen molar-refractivity contribution in [1.29, 1.82) is 0 Å². The van der Waals surface area contributed by atoms with Gasteiger partial charge in [0.15, 0.2) is 0 Å². The van der Waals surface area contributed by atoms with Crippen LogP contribution in [0.2, 0.25) is 5.02 Å². The molecule has 7 nitrogen and oxygen atoms in total. The summed E-state index contributed by atoms with van der Waals surface area (Å²) in [4.78, 5) is 39.3. The van der Waals surface area contributed by atoms with Crippen molar-refractivity contribution in [1.82, 2.24) is 4.90 Å². The molecule has 0 radical (unpaired) electrons. The largest absolute Gasteiger partial charge is 0.467 e. The molecule has 8 heteroatoms. The second-order valence-corrected chi connectivity index (χ2v) is 10.5. The van der Waals surface area contributed by atoms with Crippen molar-refractivity contribution in [3.8, 4) is 11.1 Å². The maximum Gasteiger partial charge on any atom is 0.420 e. The molecule has 2 aromatic carbocycles. The SMILES string of the molecule is COC(=O)C(CCc1ccc(-c2ccc(Cl)cc2)cc1)N(C(=O)OC(C)(C)C)C(=O)OC(C)(C)C. The van der Waals surface area contributed by atoms with Crippen LogP contribution in [0, 0.1) is 0 Å². The molecule has 0 aliphatic rings. The van der Waals surface area contributed by atoms with Crippen LogP contribution >= 0.6 is 11.6 Å². The maximum absolute atomic E-state index is 13.0. The Morgan fingerprint density at radius 2 is 1.23 bits per heavy atom. The molecule has 35 heavy (non-hydrogen) atoms. The lowest BCUT2D eigenvalue weighted by atomic mass is 10.00. The number of amides is 2. The van der Waals surface area contributed by atoms with E-state index in [9.17, 15) is 14.4 Å². The van der Waals surface area contributed by atoms with Gasteiger partial charge in [-0.3, -0.25) is 0 Å². The first-order valence-corrected chi connectivity index (χ1v) is 11.8. The lowest BCUT2D eigenvalue weighted by Crippen LogP contribution is -2.52. The van der Waals surface area contributed by atoms with Gasteiger partial charge < -0.3 is 14.2 Å². The average molecular weight is 504 g/mol. The number of ether oxygens (including phenoxy) is 3. The number of hydrogen-bond acceptors (Lipinski definition) is 6. The highest BCUT2D eigenvalue weighted by Crippen LogP contribution is 2.24. The van der Waals surface area contributed by atoms with Crippen LogP contribution < -0.4 is 0 Å². The average Bonchev–Trinajstić information content (AvgIpc) is 2.74. The summed E-state index contributed by atoms with van der Waals surface area (Å²) in [6.07, 6.45) is -1.41. The Kier molecular flexibility index (Phi) is 9.32. The summed E-state index contributed by atoms with van der Waals surface area (Å²) in [5.41, 5.74) is 1.20. The molecule has 2 aromatic rings. The topological polar surface area (TPSA) is 82.1 Å². The van der Waals surface area contributed by atoms with Crippen LogP contribution in [0.15, 0.2) is 48.5 Å². The molecule has 190 valence electrons. The lowest BCUT2D eigenvalue weighted by molar-refractivity contribution is -0.146. The fourth-order valence-corrected chi connectivity index (χ4v) is 3.38. The Bertz CT molecular complexity index is 992. The van der Waals surface area contributed by atoms with E-state index in [-0.39, 0.29) is 6.42 Å². The summed E-state index contributed by atoms with van der Waals surface area (Å²) in [6.45, 7) is 10.0. The molecule has 0 bridgehead atoms. The number of imide groups is 1. The van der Waals surface area contributed by atoms with Crippen LogP contribution in [0.5, 0.6) is 0 Å². The first-order chi connectivity index (χ1) is 16.2. The minimum Gasteiger partial charge on any atom is -0.467 e. The summed E-state index contributed by atoms with van der Waals surface area (Å²) in [6, 6.07) is 14.1. The highest BCUT2D eigenvalue weighted by atomic mass is 35.5. The number of esters is 1. The molecule has 0 saturated heterocycles. The van der Waals surface area contributed by atoms with Gasteiger partial charge in [-0.15, -0.1) is 0 Å². The third-order valence-electron chi connectivity index (χ3n) is 4.80. The molecule has 2 amide bonds. The van der Waals surface area contributed by atoms with E-state index in [2.05, 4.69) is 0 Å². The molecule has 0 N–H and O–H groups in total. The van der Waals surface area contributed by atoms with Crippen LogP contribution in [0.1, 0.15) is 53.5 Å². The number of hydrogen-bond donors (Lipinski definition) is 0. The molecule has 0 spiro atoms. The van der Waals surface area contributed by atoms with E-state index in [0.717, 1.165) is 16.7 Å². The van der Waals surface area contributed by atoms with E-state index in [1.807, 2.05) is 48.5 Å². The van der Waals surface area contributed by atoms with Gasteiger partial charge in [0.1, 0.15) is 17.2 Å². The highest BCUT2D eigenvalue weighted by Gasteiger charge is 2.40. The van der Waals surface area contributed by atoms with Crippen LogP contribution in [0.25, 0.3) is 11.1 Å². The van der Waals surface area contributed by atoms with E-state index >= 15 is 0 Å². The standard InChI is InChI=1S/C27H34ClNO6/c1-26(2,3)34-24(31)29(25(32)35-27(4,5)6)22(23(30)33-7)17-10-18-8-11-19(12-9-18)20-13-15-21(28)16-14-20/h8-9,11-16,22H,10,17H2,1-7H3. The summed E-state index contributed by atoms with van der Waals surface area (Å²) < 4.78 is 15.7. The van der Waals surface area contributed by atoms with Crippen molar-refractivity contribution >= 4 is 29.8 Å². The van der Waals surface area contributed by atoms with Gasteiger partial charge in [-0.05, 0) is 83.2 Å². The zero-order chi connectivity index (χ0) is 26.4. The predicted octanol–water partition coefficient (Wildman–Crippen LogP) is 6.65. The van der Waals surface area contributed by atoms with Crippen molar-refractivity contribution in [3.05, 3.63) is 59.1 Å². The van der Waals surface area contributed by atoms with Gasteiger partial charge in [0.2, 0.25) is 0 Å². The Labute approximate surface area is 212 Å². The normalized spacial score (nSPS) is 12.5. The van der Waals surface area contributed by atoms with Crippen LogP contribution in [0.3, 0.4) is 0 Å². The minimum atomic E-state index is -1.22. The van der Waals surface area contributed by atoms with Crippen molar-refractivity contribution in [2.75, 3.05) is 7.11 Å². The van der Waals surface area contributed by atoms with Gasteiger partial charge in [-0.2, -0.15) is 4.90 Å². The molecular formula is C27H34ClNO6. The summed E-state index contributed by atoms with van der Waals surface area (Å²) in [5, 5.41) is 0.666. The third-order valence-corrected chi connectivity index (χ3v) is 5.06. The third kappa shape index (κ3) is 8.91. The first-order valence-electron chi connectivity index (χ1n) is 11.4. The van der Waals surface area contributed by atoms with E-state index < -0.39 is 35.4 Å². The number of aryl methyl sites for hydroxylation is 1. The predicted molar refractivity (Wildman–Crippen MR) is 135 cm³/mol. The minimum absolute atomic E-state index is 0.130. The van der Waals surface area contributed by atoms with Crippen molar-refractivity contribution in [3.63, 3.8) is 0 Å². The van der Waals surface area contributed by atoms with Crippen LogP contribution in [0.4, 0.5) is 9.59 Å². The number of carbonyl (C=O) groups is 3. The van der Waals surface area contributed by atoms with Crippen molar-refractivity contribution < 1.29 is 28.6 Å². The van der Waals surface area contributed by atoms with Crippen LogP contribution in [-0.2, 0) is 25.4 Å². The number of rotatable bonds is 6. The zero-order valence-corrected chi connectivity index (χ0v) is 22.1. The number of halogens is 1. The number of methoxy groups -OCH3 is 1. The van der Waals surface area contributed by atoms with Gasteiger partial charge >= 0.3 is 18.2 Å². The maximum atomic E-state index is 13.0. The summed E-state index contributed by atoms with van der Waals surface area (Å²) in [5.74, 6) is -0.737. The van der Waals surface area contributed by atoms with E-state index in [1.54, 1.807) is 41.5 Å². The van der Waals surface area contributed by atoms with Gasteiger partial charge in [-0.1, -0.05) is 48.0 Å². The zero-order valence-electron chi connectivity index (χ0n) is 21.4. The van der Waals surface area contributed by atoms with Crippen molar-refractivity contribution in [2.24, 2.45) is 0 Å². The Hall–Kier alpha value is -3.06. The van der Waals surface area contributed by atoms with Gasteiger partial charge in [0.25, 0.3) is 0 Å². The molecule has 0 aromatic heterocycles. The van der Waals surface area contributed by atoms with Crippen molar-refractivity contribution in [2.45, 2.75) is 71.6 Å². The van der Waals surface area contributed by atoms with Gasteiger partial charge in [0.05, 0.1) is 7.11 Å². The van der Waals surface area contributed by atoms with Crippen LogP contribution in [-0.4, -0.2) is 47.4 Å². The lowest BCUT2D eigenvalue weighted by Gasteiger charge is -2.32. The van der Waals surface area contributed by atoms with E-state index in [4.69, 9.17) is 25.8 Å². The molecule has 0 aliphatic carbocycles. The molecule has 2 rings (SSSR count). The molecule has 0 aliphatic heterocycles. The molecule has 1 atom stereocenters. The number of benzene rings is 2. The molecular weight excluding hydrogens is 470 g/mol. The fraction of sp³-hybridized carbons (Fsp3) is 0.444. The van der Waals surface area contributed by atoms with Gasteiger partial charge in [0, 0.05) is 5.02 Å². The second kappa shape index (κ2) is 11.6. The quantitative estimate of drug-likeness (QED) is 0.324. The number of carbonyl (C=O) groups excluding carboxylic acids is 3. The summed E-state index contributed by atoms with van der Waals surface area (Å²) >= 11 is 5.97. The van der Waals surface area contributed by atoms with E-state index in [1.165, 1.54) is 7.11 Å². The molecule has 0 heterocycles. The molecule has 1 unspecified atom stereocenters. The highest BCUT2D eigenvalue weighted by molar-refractivity contribution is 6.30. The monoisotopic (exact) mass is 503 g/mol. The summed E-state index contributed by atoms with van der Waals surface area (Å²) in [7, 11) is 1.21. The Morgan fingerprint density at radius 3 is 1.63 bits per heavy atom. The molecule has 0 fully saturated rings. The smallest absolute Gasteiger partial charge is 0.420 e. The van der Waals surface area contributed by atoms with E-state index in [0.29, 0.717) is 16.3 Å². The fourth-order valence-electron chi connectivity index (χ4n) is 3.25. The second-order valence-electron chi connectivity index (χ2n) is 10.1. The molecule has 0 saturated carbocycles. The Balaban J connectivity index is 2.27. The first kappa shape index (κ1) is 28.2. The van der Waals surface area contributed by atoms with Gasteiger partial charge in [-0.25, -0.2) is 14.4 Å².